The Balaban J connectivity index is 1.99. The maximum absolute atomic E-state index is 13.0. The van der Waals surface area contributed by atoms with Gasteiger partial charge in [-0.15, -0.1) is 0 Å². The fourth-order valence-corrected chi connectivity index (χ4v) is 2.71. The van der Waals surface area contributed by atoms with E-state index in [4.69, 9.17) is 16.9 Å². The van der Waals surface area contributed by atoms with Gasteiger partial charge < -0.3 is 4.90 Å². The molecule has 1 aliphatic rings. The van der Waals surface area contributed by atoms with Crippen molar-refractivity contribution in [1.29, 1.82) is 5.26 Å². The molecule has 112 valence electrons. The molecule has 21 heavy (non-hydrogen) atoms. The van der Waals surface area contributed by atoms with Gasteiger partial charge in [0, 0.05) is 32.2 Å². The molecular formula is C15H17ClFN3O. The highest BCUT2D eigenvalue weighted by molar-refractivity contribution is 6.33. The van der Waals surface area contributed by atoms with E-state index in [0.717, 1.165) is 19.2 Å². The SMILES string of the molecule is CC(CC#N)N1CCN(C(=O)c2ccc(F)cc2Cl)CC1. The molecule has 1 saturated heterocycles. The Labute approximate surface area is 128 Å². The molecule has 0 saturated carbocycles. The maximum atomic E-state index is 13.0. The van der Waals surface area contributed by atoms with E-state index in [9.17, 15) is 9.18 Å². The Kier molecular flexibility index (Phi) is 5.16. The molecular weight excluding hydrogens is 293 g/mol. The fraction of sp³-hybridized carbons (Fsp3) is 0.467. The van der Waals surface area contributed by atoms with Gasteiger partial charge in [0.2, 0.25) is 0 Å². The van der Waals surface area contributed by atoms with Crippen molar-refractivity contribution in [1.82, 2.24) is 9.80 Å². The lowest BCUT2D eigenvalue weighted by atomic mass is 10.1. The van der Waals surface area contributed by atoms with Gasteiger partial charge >= 0.3 is 0 Å². The van der Waals surface area contributed by atoms with E-state index in [1.165, 1.54) is 12.1 Å². The highest BCUT2D eigenvalue weighted by atomic mass is 35.5. The van der Waals surface area contributed by atoms with Crippen LogP contribution in [-0.4, -0.2) is 47.9 Å². The van der Waals surface area contributed by atoms with Crippen molar-refractivity contribution in [3.63, 3.8) is 0 Å². The third-order valence-corrected chi connectivity index (χ3v) is 4.09. The molecule has 1 amide bonds. The lowest BCUT2D eigenvalue weighted by Crippen LogP contribution is -2.51. The molecule has 1 unspecified atom stereocenters. The fourth-order valence-electron chi connectivity index (χ4n) is 2.46. The second kappa shape index (κ2) is 6.88. The summed E-state index contributed by atoms with van der Waals surface area (Å²) in [4.78, 5) is 16.3. The Morgan fingerprint density at radius 1 is 1.43 bits per heavy atom. The summed E-state index contributed by atoms with van der Waals surface area (Å²) < 4.78 is 13.0. The predicted octanol–water partition coefficient (Wildman–Crippen LogP) is 2.54. The Hall–Kier alpha value is -1.64. The third kappa shape index (κ3) is 3.72. The van der Waals surface area contributed by atoms with Crippen molar-refractivity contribution < 1.29 is 9.18 Å². The van der Waals surface area contributed by atoms with Crippen LogP contribution in [0.3, 0.4) is 0 Å². The standard InChI is InChI=1S/C15H17ClFN3O/c1-11(4-5-18)19-6-8-20(9-7-19)15(21)13-3-2-12(17)10-14(13)16/h2-3,10-11H,4,6-9H2,1H3. The molecule has 1 aromatic rings. The number of nitriles is 1. The second-order valence-electron chi connectivity index (χ2n) is 5.16. The van der Waals surface area contributed by atoms with E-state index in [0.29, 0.717) is 25.1 Å². The van der Waals surface area contributed by atoms with Crippen LogP contribution in [0, 0.1) is 17.1 Å². The summed E-state index contributed by atoms with van der Waals surface area (Å²) >= 11 is 5.93. The van der Waals surface area contributed by atoms with E-state index in [1.54, 1.807) is 4.90 Å². The summed E-state index contributed by atoms with van der Waals surface area (Å²) in [7, 11) is 0. The molecule has 1 aliphatic heterocycles. The minimum atomic E-state index is -0.452. The summed E-state index contributed by atoms with van der Waals surface area (Å²) in [5, 5.41) is 8.86. The van der Waals surface area contributed by atoms with E-state index >= 15 is 0 Å². The summed E-state index contributed by atoms with van der Waals surface area (Å²) in [6, 6.07) is 6.17. The van der Waals surface area contributed by atoms with Crippen LogP contribution >= 0.6 is 11.6 Å². The molecule has 0 bridgehead atoms. The van der Waals surface area contributed by atoms with E-state index in [2.05, 4.69) is 11.0 Å². The molecule has 0 radical (unpaired) electrons. The number of piperazine rings is 1. The molecule has 0 aliphatic carbocycles. The first kappa shape index (κ1) is 15.7. The molecule has 0 aromatic heterocycles. The number of halogens is 2. The van der Waals surface area contributed by atoms with Crippen LogP contribution in [0.25, 0.3) is 0 Å². The highest BCUT2D eigenvalue weighted by Gasteiger charge is 2.25. The van der Waals surface area contributed by atoms with Crippen LogP contribution < -0.4 is 0 Å². The first-order valence-corrected chi connectivity index (χ1v) is 7.26. The van der Waals surface area contributed by atoms with Crippen LogP contribution in [0.2, 0.25) is 5.02 Å². The van der Waals surface area contributed by atoms with Crippen molar-refractivity contribution in [3.8, 4) is 6.07 Å². The third-order valence-electron chi connectivity index (χ3n) is 3.77. The zero-order valence-corrected chi connectivity index (χ0v) is 12.6. The zero-order chi connectivity index (χ0) is 15.4. The van der Waals surface area contributed by atoms with Gasteiger partial charge in [-0.05, 0) is 25.1 Å². The van der Waals surface area contributed by atoms with Gasteiger partial charge in [-0.1, -0.05) is 11.6 Å². The van der Waals surface area contributed by atoms with Crippen LogP contribution in [0.5, 0.6) is 0 Å². The molecule has 4 nitrogen and oxygen atoms in total. The van der Waals surface area contributed by atoms with Gasteiger partial charge in [0.15, 0.2) is 0 Å². The van der Waals surface area contributed by atoms with Gasteiger partial charge in [0.1, 0.15) is 5.82 Å². The van der Waals surface area contributed by atoms with Crippen molar-refractivity contribution in [2.45, 2.75) is 19.4 Å². The van der Waals surface area contributed by atoms with Crippen molar-refractivity contribution in [2.75, 3.05) is 26.2 Å². The van der Waals surface area contributed by atoms with Crippen molar-refractivity contribution >= 4 is 17.5 Å². The molecule has 1 aromatic carbocycles. The molecule has 6 heteroatoms. The number of amides is 1. The molecule has 1 fully saturated rings. The van der Waals surface area contributed by atoms with Gasteiger partial charge in [-0.3, -0.25) is 9.69 Å². The number of rotatable bonds is 3. The highest BCUT2D eigenvalue weighted by Crippen LogP contribution is 2.20. The van der Waals surface area contributed by atoms with Crippen LogP contribution in [0.4, 0.5) is 4.39 Å². The summed E-state index contributed by atoms with van der Waals surface area (Å²) in [5.41, 5.74) is 0.330. The zero-order valence-electron chi connectivity index (χ0n) is 11.9. The van der Waals surface area contributed by atoms with E-state index in [-0.39, 0.29) is 17.0 Å². The van der Waals surface area contributed by atoms with Crippen molar-refractivity contribution in [3.05, 3.63) is 34.6 Å². The molecule has 1 heterocycles. The topological polar surface area (TPSA) is 47.3 Å². The largest absolute Gasteiger partial charge is 0.336 e. The molecule has 0 N–H and O–H groups in total. The van der Waals surface area contributed by atoms with Gasteiger partial charge in [0.25, 0.3) is 5.91 Å². The lowest BCUT2D eigenvalue weighted by Gasteiger charge is -2.37. The average Bonchev–Trinajstić information content (AvgIpc) is 2.47. The summed E-state index contributed by atoms with van der Waals surface area (Å²) in [5.74, 6) is -0.626. The normalized spacial score (nSPS) is 17.3. The number of benzene rings is 1. The first-order valence-electron chi connectivity index (χ1n) is 6.88. The molecule has 0 spiro atoms. The van der Waals surface area contributed by atoms with E-state index in [1.807, 2.05) is 6.92 Å². The monoisotopic (exact) mass is 309 g/mol. The molecule has 1 atom stereocenters. The number of carbonyl (C=O) groups is 1. The van der Waals surface area contributed by atoms with E-state index < -0.39 is 5.82 Å². The lowest BCUT2D eigenvalue weighted by molar-refractivity contribution is 0.0586. The maximum Gasteiger partial charge on any atom is 0.255 e. The van der Waals surface area contributed by atoms with Gasteiger partial charge in [0.05, 0.1) is 23.1 Å². The van der Waals surface area contributed by atoms with Crippen molar-refractivity contribution in [2.24, 2.45) is 0 Å². The summed E-state index contributed by atoms with van der Waals surface area (Å²) in [6.07, 6.45) is 0.484. The number of carbonyl (C=O) groups excluding carboxylic acids is 1. The Morgan fingerprint density at radius 3 is 2.67 bits per heavy atom. The minimum absolute atomic E-state index is 0.139. The number of hydrogen-bond acceptors (Lipinski definition) is 3. The van der Waals surface area contributed by atoms with Gasteiger partial charge in [-0.25, -0.2) is 4.39 Å². The second-order valence-corrected chi connectivity index (χ2v) is 5.57. The Bertz CT molecular complexity index is 565. The number of hydrogen-bond donors (Lipinski definition) is 0. The molecule has 2 rings (SSSR count). The average molecular weight is 310 g/mol. The minimum Gasteiger partial charge on any atom is -0.336 e. The first-order chi connectivity index (χ1) is 10.0. The smallest absolute Gasteiger partial charge is 0.255 e. The van der Waals surface area contributed by atoms with Gasteiger partial charge in [-0.2, -0.15) is 5.26 Å². The Morgan fingerprint density at radius 2 is 2.10 bits per heavy atom. The van der Waals surface area contributed by atoms with Crippen LogP contribution in [0.15, 0.2) is 18.2 Å². The number of nitrogens with zero attached hydrogens (tertiary/aromatic N) is 3. The predicted molar refractivity (Wildman–Crippen MR) is 78.6 cm³/mol. The summed E-state index contributed by atoms with van der Waals surface area (Å²) in [6.45, 7) is 4.64. The van der Waals surface area contributed by atoms with Crippen LogP contribution in [-0.2, 0) is 0 Å². The quantitative estimate of drug-likeness (QED) is 0.862. The van der Waals surface area contributed by atoms with Crippen LogP contribution in [0.1, 0.15) is 23.7 Å².